The maximum absolute atomic E-state index is 13.9. The minimum atomic E-state index is -0.393. The first kappa shape index (κ1) is 46.0. The van der Waals surface area contributed by atoms with Crippen molar-refractivity contribution in [3.63, 3.8) is 0 Å². The van der Waals surface area contributed by atoms with E-state index in [2.05, 4.69) is 10.6 Å². The van der Waals surface area contributed by atoms with Crippen molar-refractivity contribution in [2.75, 3.05) is 13.1 Å². The van der Waals surface area contributed by atoms with Crippen molar-refractivity contribution in [2.24, 2.45) is 0 Å². The Balaban J connectivity index is 1.00. The number of benzene rings is 8. The van der Waals surface area contributed by atoms with Crippen molar-refractivity contribution in [3.8, 4) is 34.5 Å². The van der Waals surface area contributed by atoms with Crippen LogP contribution in [0, 0.1) is 0 Å². The number of amides is 2. The van der Waals surface area contributed by atoms with E-state index in [9.17, 15) is 9.59 Å². The lowest BCUT2D eigenvalue weighted by Crippen LogP contribution is -2.34. The van der Waals surface area contributed by atoms with Gasteiger partial charge in [-0.1, -0.05) is 182 Å². The van der Waals surface area contributed by atoms with Crippen molar-refractivity contribution in [2.45, 2.75) is 39.6 Å². The molecule has 68 heavy (non-hydrogen) atoms. The fourth-order valence-electron chi connectivity index (χ4n) is 7.09. The molecule has 0 bridgehead atoms. The standard InChI is InChI=1S/C58H52N2O8/c61-57(49-33-51(63-37-43-19-7-1-8-20-43)55(67-41-47-27-15-5-16-28-47)52(34-49)64-38-44-21-9-2-10-22-44)59-31-32-60-58(62)50-35-53(65-39-45-23-11-3-12-24-45)56(68-42-48-29-17-6-18-30-48)54(36-50)66-40-46-25-13-4-14-26-46/h1-30,33-36H,31-32,37-42H2,(H,59,61)(H,60,62). The summed E-state index contributed by atoms with van der Waals surface area (Å²) in [5, 5.41) is 5.90. The van der Waals surface area contributed by atoms with Gasteiger partial charge in [0, 0.05) is 24.2 Å². The molecule has 342 valence electrons. The molecule has 2 N–H and O–H groups in total. The Morgan fingerprint density at radius 1 is 0.294 bits per heavy atom. The van der Waals surface area contributed by atoms with Gasteiger partial charge in [0.05, 0.1) is 0 Å². The van der Waals surface area contributed by atoms with Gasteiger partial charge in [0.1, 0.15) is 39.6 Å². The highest BCUT2D eigenvalue weighted by Gasteiger charge is 2.22. The van der Waals surface area contributed by atoms with Crippen molar-refractivity contribution < 1.29 is 38.0 Å². The van der Waals surface area contributed by atoms with Crippen LogP contribution in [0.4, 0.5) is 0 Å². The number of ether oxygens (including phenoxy) is 6. The van der Waals surface area contributed by atoms with Crippen molar-refractivity contribution in [1.82, 2.24) is 10.6 Å². The average molecular weight is 905 g/mol. The fourth-order valence-corrected chi connectivity index (χ4v) is 7.09. The van der Waals surface area contributed by atoms with E-state index in [1.54, 1.807) is 24.3 Å². The van der Waals surface area contributed by atoms with Crippen LogP contribution in [0.25, 0.3) is 0 Å². The van der Waals surface area contributed by atoms with Gasteiger partial charge < -0.3 is 39.1 Å². The van der Waals surface area contributed by atoms with Gasteiger partial charge in [-0.15, -0.1) is 0 Å². The van der Waals surface area contributed by atoms with E-state index in [0.29, 0.717) is 45.6 Å². The molecule has 0 unspecified atom stereocenters. The third-order valence-corrected chi connectivity index (χ3v) is 10.7. The summed E-state index contributed by atoms with van der Waals surface area (Å²) < 4.78 is 38.3. The molecular weight excluding hydrogens is 853 g/mol. The van der Waals surface area contributed by atoms with Gasteiger partial charge in [0.2, 0.25) is 11.5 Å². The Hall–Kier alpha value is -8.50. The first-order valence-electron chi connectivity index (χ1n) is 22.5. The van der Waals surface area contributed by atoms with E-state index >= 15 is 0 Å². The third-order valence-electron chi connectivity index (χ3n) is 10.7. The predicted molar refractivity (Wildman–Crippen MR) is 262 cm³/mol. The highest BCUT2D eigenvalue weighted by molar-refractivity contribution is 5.96. The van der Waals surface area contributed by atoms with Gasteiger partial charge in [-0.2, -0.15) is 0 Å². The molecule has 2 amide bonds. The quantitative estimate of drug-likeness (QED) is 0.0610. The van der Waals surface area contributed by atoms with Crippen LogP contribution < -0.4 is 39.1 Å². The lowest BCUT2D eigenvalue weighted by Gasteiger charge is -2.19. The van der Waals surface area contributed by atoms with Crippen molar-refractivity contribution >= 4 is 11.8 Å². The zero-order chi connectivity index (χ0) is 46.6. The number of carbonyl (C=O) groups is 2. The van der Waals surface area contributed by atoms with Crippen LogP contribution in [0.2, 0.25) is 0 Å². The Labute approximate surface area is 397 Å². The summed E-state index contributed by atoms with van der Waals surface area (Å²) in [6, 6.07) is 65.2. The highest BCUT2D eigenvalue weighted by atomic mass is 16.5. The lowest BCUT2D eigenvalue weighted by molar-refractivity contribution is 0.0926. The van der Waals surface area contributed by atoms with Gasteiger partial charge in [-0.3, -0.25) is 9.59 Å². The monoisotopic (exact) mass is 904 g/mol. The van der Waals surface area contributed by atoms with Crippen LogP contribution in [-0.4, -0.2) is 24.9 Å². The molecule has 10 nitrogen and oxygen atoms in total. The summed E-state index contributed by atoms with van der Waals surface area (Å²) >= 11 is 0. The molecule has 0 aromatic heterocycles. The molecule has 8 rings (SSSR count). The van der Waals surface area contributed by atoms with Crippen LogP contribution in [0.3, 0.4) is 0 Å². The molecule has 0 radical (unpaired) electrons. The second-order valence-electron chi connectivity index (χ2n) is 15.8. The molecule has 0 aliphatic carbocycles. The Kier molecular flexibility index (Phi) is 16.4. The number of rotatable bonds is 23. The Morgan fingerprint density at radius 2 is 0.500 bits per heavy atom. The first-order chi connectivity index (χ1) is 33.5. The maximum Gasteiger partial charge on any atom is 0.251 e. The normalized spacial score (nSPS) is 10.6. The van der Waals surface area contributed by atoms with E-state index in [-0.39, 0.29) is 52.7 Å². The molecule has 0 aliphatic heterocycles. The van der Waals surface area contributed by atoms with Gasteiger partial charge in [0.25, 0.3) is 11.8 Å². The number of hydrogen-bond donors (Lipinski definition) is 2. The lowest BCUT2D eigenvalue weighted by atomic mass is 10.1. The molecule has 0 saturated carbocycles. The van der Waals surface area contributed by atoms with E-state index < -0.39 is 11.8 Å². The highest BCUT2D eigenvalue weighted by Crippen LogP contribution is 2.42. The molecule has 8 aromatic rings. The zero-order valence-electron chi connectivity index (χ0n) is 37.6. The maximum atomic E-state index is 13.9. The van der Waals surface area contributed by atoms with E-state index in [0.717, 1.165) is 33.4 Å². The van der Waals surface area contributed by atoms with Crippen LogP contribution in [0.15, 0.2) is 206 Å². The van der Waals surface area contributed by atoms with Crippen LogP contribution >= 0.6 is 0 Å². The van der Waals surface area contributed by atoms with E-state index in [1.165, 1.54) is 0 Å². The van der Waals surface area contributed by atoms with Gasteiger partial charge in [0.15, 0.2) is 23.0 Å². The molecule has 0 saturated heterocycles. The van der Waals surface area contributed by atoms with E-state index in [4.69, 9.17) is 28.4 Å². The molecule has 0 aliphatic rings. The van der Waals surface area contributed by atoms with Crippen LogP contribution in [-0.2, 0) is 39.6 Å². The summed E-state index contributed by atoms with van der Waals surface area (Å²) in [6.45, 7) is 1.66. The summed E-state index contributed by atoms with van der Waals surface area (Å²) in [5.74, 6) is 1.36. The second-order valence-corrected chi connectivity index (χ2v) is 15.8. The molecular formula is C58H52N2O8. The van der Waals surface area contributed by atoms with Crippen molar-refractivity contribution in [1.29, 1.82) is 0 Å². The molecule has 0 atom stereocenters. The summed E-state index contributed by atoms with van der Waals surface area (Å²) in [4.78, 5) is 27.9. The van der Waals surface area contributed by atoms with Crippen LogP contribution in [0.5, 0.6) is 34.5 Å². The summed E-state index contributed by atoms with van der Waals surface area (Å²) in [6.07, 6.45) is 0. The number of hydrogen-bond acceptors (Lipinski definition) is 8. The molecule has 10 heteroatoms. The average Bonchev–Trinajstić information content (AvgIpc) is 3.40. The molecule has 0 heterocycles. The van der Waals surface area contributed by atoms with Gasteiger partial charge in [-0.25, -0.2) is 0 Å². The van der Waals surface area contributed by atoms with Gasteiger partial charge in [-0.05, 0) is 57.6 Å². The first-order valence-corrected chi connectivity index (χ1v) is 22.5. The zero-order valence-corrected chi connectivity index (χ0v) is 37.6. The Morgan fingerprint density at radius 3 is 0.721 bits per heavy atom. The third kappa shape index (κ3) is 13.5. The topological polar surface area (TPSA) is 114 Å². The number of carbonyl (C=O) groups excluding carboxylic acids is 2. The minimum Gasteiger partial charge on any atom is -0.485 e. The SMILES string of the molecule is O=C(NCCNC(=O)c1cc(OCc2ccccc2)c(OCc2ccccc2)c(OCc2ccccc2)c1)c1cc(OCc2ccccc2)c(OCc2ccccc2)c(OCc2ccccc2)c1. The molecule has 0 fully saturated rings. The van der Waals surface area contributed by atoms with Gasteiger partial charge >= 0.3 is 0 Å². The minimum absolute atomic E-state index is 0.115. The molecule has 8 aromatic carbocycles. The van der Waals surface area contributed by atoms with Crippen molar-refractivity contribution in [3.05, 3.63) is 251 Å². The summed E-state index contributed by atoms with van der Waals surface area (Å²) in [5.41, 5.74) is 6.27. The second kappa shape index (κ2) is 24.1. The van der Waals surface area contributed by atoms with Crippen LogP contribution in [0.1, 0.15) is 54.1 Å². The molecule has 0 spiro atoms. The number of nitrogens with one attached hydrogen (secondary N) is 2. The largest absolute Gasteiger partial charge is 0.485 e. The fraction of sp³-hybridized carbons (Fsp3) is 0.138. The Bertz CT molecular complexity index is 2490. The van der Waals surface area contributed by atoms with E-state index in [1.807, 2.05) is 182 Å². The summed E-state index contributed by atoms with van der Waals surface area (Å²) in [7, 11) is 0. The predicted octanol–water partition coefficient (Wildman–Crippen LogP) is 11.3. The smallest absolute Gasteiger partial charge is 0.251 e.